The maximum absolute atomic E-state index is 13.7. The van der Waals surface area contributed by atoms with Crippen LogP contribution >= 0.6 is 22.6 Å². The third-order valence-corrected chi connectivity index (χ3v) is 7.09. The highest BCUT2D eigenvalue weighted by molar-refractivity contribution is 14.1. The quantitative estimate of drug-likeness (QED) is 0.214. The summed E-state index contributed by atoms with van der Waals surface area (Å²) < 4.78 is 23.2. The van der Waals surface area contributed by atoms with Crippen molar-refractivity contribution in [2.45, 2.75) is 25.5 Å². The highest BCUT2D eigenvalue weighted by Gasteiger charge is 2.32. The van der Waals surface area contributed by atoms with Gasteiger partial charge in [-0.2, -0.15) is 0 Å². The number of aromatic nitrogens is 1. The Bertz CT molecular complexity index is 1250. The number of ether oxygens (including phenoxy) is 1. The van der Waals surface area contributed by atoms with E-state index >= 15 is 0 Å². The molecular formula is C26H22FIN2O2. The van der Waals surface area contributed by atoms with Crippen LogP contribution in [0, 0.1) is 9.39 Å². The Kier molecular flexibility index (Phi) is 5.87. The van der Waals surface area contributed by atoms with Crippen molar-refractivity contribution in [2.75, 3.05) is 6.54 Å². The molecule has 1 aliphatic heterocycles. The van der Waals surface area contributed by atoms with Crippen LogP contribution in [0.5, 0.6) is 5.75 Å². The van der Waals surface area contributed by atoms with E-state index in [1.807, 2.05) is 47.4 Å². The van der Waals surface area contributed by atoms with E-state index in [0.29, 0.717) is 6.61 Å². The number of hydrogen-bond acceptors (Lipinski definition) is 2. The molecule has 0 saturated carbocycles. The molecule has 1 amide bonds. The van der Waals surface area contributed by atoms with Gasteiger partial charge in [0.15, 0.2) is 0 Å². The van der Waals surface area contributed by atoms with Gasteiger partial charge in [0, 0.05) is 15.8 Å². The summed E-state index contributed by atoms with van der Waals surface area (Å²) in [6.07, 6.45) is 2.79. The predicted octanol–water partition coefficient (Wildman–Crippen LogP) is 6.25. The van der Waals surface area contributed by atoms with Crippen molar-refractivity contribution < 1.29 is 13.9 Å². The van der Waals surface area contributed by atoms with Crippen molar-refractivity contribution >= 4 is 39.9 Å². The van der Waals surface area contributed by atoms with Gasteiger partial charge in [0.2, 0.25) is 6.41 Å². The van der Waals surface area contributed by atoms with Gasteiger partial charge in [-0.25, -0.2) is 4.39 Å². The molecule has 32 heavy (non-hydrogen) atoms. The lowest BCUT2D eigenvalue weighted by atomic mass is 10.1. The van der Waals surface area contributed by atoms with E-state index in [2.05, 4.69) is 33.2 Å². The molecule has 162 valence electrons. The van der Waals surface area contributed by atoms with Gasteiger partial charge in [-0.15, -0.1) is 0 Å². The Labute approximate surface area is 199 Å². The van der Waals surface area contributed by atoms with Gasteiger partial charge in [0.25, 0.3) is 0 Å². The largest absolute Gasteiger partial charge is 0.488 e. The minimum atomic E-state index is -0.274. The molecule has 0 spiro atoms. The van der Waals surface area contributed by atoms with Crippen LogP contribution in [-0.2, 0) is 11.4 Å². The van der Waals surface area contributed by atoms with Crippen molar-refractivity contribution in [2.24, 2.45) is 0 Å². The Morgan fingerprint density at radius 3 is 2.56 bits per heavy atom. The summed E-state index contributed by atoms with van der Waals surface area (Å²) in [7, 11) is 0. The van der Waals surface area contributed by atoms with E-state index in [0.717, 1.165) is 63.0 Å². The summed E-state index contributed by atoms with van der Waals surface area (Å²) in [6.45, 7) is 1.21. The van der Waals surface area contributed by atoms with Crippen molar-refractivity contribution in [1.82, 2.24) is 9.47 Å². The van der Waals surface area contributed by atoms with Crippen LogP contribution in [0.4, 0.5) is 4.39 Å². The number of carbonyl (C=O) groups is 1. The number of fused-ring (bicyclic) bond motifs is 1. The van der Waals surface area contributed by atoms with Crippen LogP contribution in [0.25, 0.3) is 16.6 Å². The van der Waals surface area contributed by atoms with E-state index in [-0.39, 0.29) is 11.9 Å². The van der Waals surface area contributed by atoms with Crippen LogP contribution in [0.1, 0.15) is 30.1 Å². The zero-order chi connectivity index (χ0) is 22.1. The van der Waals surface area contributed by atoms with E-state index in [9.17, 15) is 9.18 Å². The summed E-state index contributed by atoms with van der Waals surface area (Å²) >= 11 is 2.37. The van der Waals surface area contributed by atoms with Crippen LogP contribution in [0.2, 0.25) is 0 Å². The molecule has 1 aromatic heterocycles. The topological polar surface area (TPSA) is 34.5 Å². The number of halogens is 2. The van der Waals surface area contributed by atoms with E-state index in [1.54, 1.807) is 12.1 Å². The molecule has 2 heterocycles. The molecule has 0 bridgehead atoms. The fourth-order valence-corrected chi connectivity index (χ4v) is 5.65. The van der Waals surface area contributed by atoms with Gasteiger partial charge in [-0.1, -0.05) is 36.4 Å². The lowest BCUT2D eigenvalue weighted by molar-refractivity contribution is -0.119. The average molecular weight is 540 g/mol. The molecule has 6 heteroatoms. The normalized spacial score (nSPS) is 15.9. The molecule has 5 rings (SSSR count). The first kappa shape index (κ1) is 21.0. The zero-order valence-electron chi connectivity index (χ0n) is 17.4. The molecule has 0 N–H and O–H groups in total. The number of rotatable bonds is 6. The monoisotopic (exact) mass is 540 g/mol. The number of carbonyl (C=O) groups excluding carboxylic acids is 1. The molecule has 1 unspecified atom stereocenters. The molecule has 0 radical (unpaired) electrons. The highest BCUT2D eigenvalue weighted by Crippen LogP contribution is 2.43. The number of nitrogens with zero attached hydrogens (tertiary/aromatic N) is 2. The summed E-state index contributed by atoms with van der Waals surface area (Å²) in [6, 6.07) is 22.6. The van der Waals surface area contributed by atoms with Crippen LogP contribution < -0.4 is 4.74 Å². The molecular weight excluding hydrogens is 518 g/mol. The lowest BCUT2D eigenvalue weighted by Crippen LogP contribution is -2.23. The smallest absolute Gasteiger partial charge is 0.210 e. The van der Waals surface area contributed by atoms with Crippen molar-refractivity contribution in [3.8, 4) is 11.4 Å². The number of likely N-dealkylation sites (tertiary alicyclic amines) is 1. The van der Waals surface area contributed by atoms with Gasteiger partial charge in [0.05, 0.1) is 22.6 Å². The third-order valence-electron chi connectivity index (χ3n) is 6.00. The fourth-order valence-electron chi connectivity index (χ4n) is 4.51. The van der Waals surface area contributed by atoms with Gasteiger partial charge < -0.3 is 14.2 Å². The number of amides is 1. The Balaban J connectivity index is 1.68. The predicted molar refractivity (Wildman–Crippen MR) is 131 cm³/mol. The maximum Gasteiger partial charge on any atom is 0.210 e. The molecule has 4 aromatic rings. The van der Waals surface area contributed by atoms with Gasteiger partial charge in [-0.05, 0) is 77.4 Å². The Morgan fingerprint density at radius 1 is 1.03 bits per heavy atom. The summed E-state index contributed by atoms with van der Waals surface area (Å²) in [4.78, 5) is 13.6. The SMILES string of the molecule is O=CN1CCCC1c1c(I)c2c(OCc3ccccc3)cccc2n1-c1ccc(F)cc1. The Morgan fingerprint density at radius 2 is 1.81 bits per heavy atom. The zero-order valence-corrected chi connectivity index (χ0v) is 19.5. The highest BCUT2D eigenvalue weighted by atomic mass is 127. The van der Waals surface area contributed by atoms with E-state index < -0.39 is 0 Å². The van der Waals surface area contributed by atoms with E-state index in [1.165, 1.54) is 12.1 Å². The number of benzene rings is 3. The van der Waals surface area contributed by atoms with Crippen molar-refractivity contribution in [3.05, 3.63) is 93.4 Å². The van der Waals surface area contributed by atoms with Gasteiger partial charge in [-0.3, -0.25) is 4.79 Å². The first-order valence-corrected chi connectivity index (χ1v) is 11.7. The van der Waals surface area contributed by atoms with Crippen LogP contribution in [0.3, 0.4) is 0 Å². The van der Waals surface area contributed by atoms with Crippen LogP contribution in [-0.4, -0.2) is 22.4 Å². The molecule has 0 aliphatic carbocycles. The second kappa shape index (κ2) is 8.94. The molecule has 4 nitrogen and oxygen atoms in total. The molecule has 3 aromatic carbocycles. The minimum Gasteiger partial charge on any atom is -0.488 e. The number of hydrogen-bond donors (Lipinski definition) is 0. The second-order valence-electron chi connectivity index (χ2n) is 7.94. The first-order chi connectivity index (χ1) is 15.7. The third kappa shape index (κ3) is 3.77. The standard InChI is InChI=1S/C26H22FIN2O2/c27-19-11-13-20(14-12-19)30-21-8-4-10-23(32-16-18-6-2-1-3-7-18)24(21)25(28)26(30)22-9-5-15-29(22)17-31/h1-4,6-8,10-14,17,22H,5,9,15-16H2. The summed E-state index contributed by atoms with van der Waals surface area (Å²) in [5.41, 5.74) is 4.00. The maximum atomic E-state index is 13.7. The first-order valence-electron chi connectivity index (χ1n) is 10.6. The fraction of sp³-hybridized carbons (Fsp3) is 0.192. The second-order valence-corrected chi connectivity index (χ2v) is 9.02. The van der Waals surface area contributed by atoms with Gasteiger partial charge >= 0.3 is 0 Å². The van der Waals surface area contributed by atoms with Crippen molar-refractivity contribution in [1.29, 1.82) is 0 Å². The molecule has 1 saturated heterocycles. The minimum absolute atomic E-state index is 0.0289. The Hall–Kier alpha value is -2.87. The molecule has 1 atom stereocenters. The molecule has 1 aliphatic rings. The summed E-state index contributed by atoms with van der Waals surface area (Å²) in [5.74, 6) is 0.525. The summed E-state index contributed by atoms with van der Waals surface area (Å²) in [5, 5.41) is 1.01. The van der Waals surface area contributed by atoms with Crippen LogP contribution in [0.15, 0.2) is 72.8 Å². The lowest BCUT2D eigenvalue weighted by Gasteiger charge is -2.23. The van der Waals surface area contributed by atoms with E-state index in [4.69, 9.17) is 4.74 Å². The van der Waals surface area contributed by atoms with Gasteiger partial charge in [0.1, 0.15) is 18.2 Å². The average Bonchev–Trinajstić information content (AvgIpc) is 3.41. The molecule has 1 fully saturated rings. The van der Waals surface area contributed by atoms with Crippen molar-refractivity contribution in [3.63, 3.8) is 0 Å².